The monoisotopic (exact) mass is 340 g/mol. The second-order valence-corrected chi connectivity index (χ2v) is 6.11. The Bertz CT molecular complexity index is 806. The summed E-state index contributed by atoms with van der Waals surface area (Å²) in [6.07, 6.45) is 3.24. The topological polar surface area (TPSA) is 56.0 Å². The first-order chi connectivity index (χ1) is 12.1. The second kappa shape index (κ2) is 7.81. The molecule has 0 saturated carbocycles. The van der Waals surface area contributed by atoms with Gasteiger partial charge in [-0.2, -0.15) is 0 Å². The zero-order valence-corrected chi connectivity index (χ0v) is 14.2. The van der Waals surface area contributed by atoms with Gasteiger partial charge in [-0.1, -0.05) is 24.3 Å². The van der Waals surface area contributed by atoms with E-state index in [1.54, 1.807) is 48.8 Å². The molecule has 1 saturated heterocycles. The molecule has 6 nitrogen and oxygen atoms in total. The van der Waals surface area contributed by atoms with Gasteiger partial charge < -0.3 is 14.5 Å². The lowest BCUT2D eigenvalue weighted by molar-refractivity contribution is -0.884. The fourth-order valence-electron chi connectivity index (χ4n) is 2.67. The summed E-state index contributed by atoms with van der Waals surface area (Å²) in [5.74, 6) is -0.0308. The van der Waals surface area contributed by atoms with Gasteiger partial charge in [0.1, 0.15) is 0 Å². The van der Waals surface area contributed by atoms with Gasteiger partial charge in [-0.3, -0.25) is 9.36 Å². The third-order valence-corrected chi connectivity index (χ3v) is 4.24. The van der Waals surface area contributed by atoms with Crippen LogP contribution in [-0.4, -0.2) is 48.7 Å². The van der Waals surface area contributed by atoms with Crippen molar-refractivity contribution < 1.29 is 14.4 Å². The van der Waals surface area contributed by atoms with Crippen molar-refractivity contribution in [3.05, 3.63) is 76.5 Å². The van der Waals surface area contributed by atoms with Crippen LogP contribution in [-0.2, 0) is 4.74 Å². The van der Waals surface area contributed by atoms with Crippen molar-refractivity contribution in [3.63, 3.8) is 0 Å². The lowest BCUT2D eigenvalue weighted by atomic mass is 10.2. The molecule has 0 amide bonds. The molecule has 6 heteroatoms. The van der Waals surface area contributed by atoms with Crippen molar-refractivity contribution in [2.45, 2.75) is 0 Å². The van der Waals surface area contributed by atoms with Crippen LogP contribution >= 0.6 is 0 Å². The largest absolute Gasteiger partial charge is 0.404 e. The van der Waals surface area contributed by atoms with Crippen LogP contribution in [0.2, 0.25) is 0 Å². The van der Waals surface area contributed by atoms with Gasteiger partial charge in [0.05, 0.1) is 45.0 Å². The van der Waals surface area contributed by atoms with E-state index in [1.807, 2.05) is 11.0 Å². The molecule has 1 fully saturated rings. The summed E-state index contributed by atoms with van der Waals surface area (Å²) >= 11 is 0. The van der Waals surface area contributed by atoms with E-state index in [0.29, 0.717) is 11.4 Å². The number of rotatable bonds is 4. The third-order valence-electron chi connectivity index (χ3n) is 4.24. The van der Waals surface area contributed by atoms with Gasteiger partial charge in [0.25, 0.3) is 5.56 Å². The lowest BCUT2D eigenvalue weighted by Gasteiger charge is -2.32. The number of piperazine rings is 1. The minimum Gasteiger partial charge on any atom is -0.404 e. The Morgan fingerprint density at radius 2 is 1.76 bits per heavy atom. The van der Waals surface area contributed by atoms with Crippen LogP contribution < -0.4 is 10.5 Å². The van der Waals surface area contributed by atoms with Gasteiger partial charge in [0.2, 0.25) is 5.88 Å². The van der Waals surface area contributed by atoms with Crippen molar-refractivity contribution in [2.75, 3.05) is 33.2 Å². The first-order valence-corrected chi connectivity index (χ1v) is 8.36. The van der Waals surface area contributed by atoms with Gasteiger partial charge in [-0.15, -0.1) is 0 Å². The average Bonchev–Trinajstić information content (AvgIpc) is 2.64. The second-order valence-electron chi connectivity index (χ2n) is 6.11. The number of hydrogen-bond acceptors (Lipinski definition) is 4. The van der Waals surface area contributed by atoms with E-state index < -0.39 is 5.97 Å². The van der Waals surface area contributed by atoms with Crippen LogP contribution in [0.15, 0.2) is 65.4 Å². The summed E-state index contributed by atoms with van der Waals surface area (Å²) < 4.78 is 7.08. The molecule has 2 heterocycles. The third kappa shape index (κ3) is 4.36. The molecule has 0 aliphatic carbocycles. The maximum absolute atomic E-state index is 12.5. The van der Waals surface area contributed by atoms with E-state index in [-0.39, 0.29) is 5.56 Å². The number of ether oxygens (including phenoxy) is 1. The molecule has 1 aliphatic rings. The average molecular weight is 340 g/mol. The van der Waals surface area contributed by atoms with E-state index >= 15 is 0 Å². The van der Waals surface area contributed by atoms with Gasteiger partial charge in [0, 0.05) is 12.3 Å². The standard InChI is InChI=1S/C19H21N3O3/c1-20-11-13-21(14-12-20)18(15-22-10-6-5-9-17(22)23)25-19(24)16-7-3-2-4-8-16/h2-10,15H,11-14H2,1H3/p+1/b18-15-. The number of carbonyl (C=O) groups is 1. The summed E-state index contributed by atoms with van der Waals surface area (Å²) in [6, 6.07) is 13.8. The van der Waals surface area contributed by atoms with Crippen molar-refractivity contribution in [1.29, 1.82) is 0 Å². The summed E-state index contributed by atoms with van der Waals surface area (Å²) in [6.45, 7) is 3.43. The highest BCUT2D eigenvalue weighted by Crippen LogP contribution is 2.12. The van der Waals surface area contributed by atoms with Crippen LogP contribution in [0.3, 0.4) is 0 Å². The zero-order valence-electron chi connectivity index (χ0n) is 14.2. The molecule has 3 rings (SSSR count). The molecule has 0 unspecified atom stereocenters. The normalized spacial score (nSPS) is 15.9. The molecular formula is C19H22N3O3+. The maximum Gasteiger partial charge on any atom is 0.344 e. The van der Waals surface area contributed by atoms with Gasteiger partial charge in [-0.05, 0) is 18.2 Å². The molecule has 130 valence electrons. The summed E-state index contributed by atoms with van der Waals surface area (Å²) in [5, 5.41) is 0. The molecule has 0 bridgehead atoms. The van der Waals surface area contributed by atoms with Crippen LogP contribution in [0.4, 0.5) is 0 Å². The predicted molar refractivity (Wildman–Crippen MR) is 95.0 cm³/mol. The molecular weight excluding hydrogens is 318 g/mol. The van der Waals surface area contributed by atoms with Crippen molar-refractivity contribution >= 4 is 12.2 Å². The van der Waals surface area contributed by atoms with Crippen molar-refractivity contribution in [2.24, 2.45) is 0 Å². The van der Waals surface area contributed by atoms with Crippen LogP contribution in [0.25, 0.3) is 6.20 Å². The minimum atomic E-state index is -0.429. The quantitative estimate of drug-likeness (QED) is 0.642. The Morgan fingerprint density at radius 3 is 2.44 bits per heavy atom. The Labute approximate surface area is 146 Å². The number of pyridine rings is 1. The molecule has 0 spiro atoms. The summed E-state index contributed by atoms with van der Waals surface area (Å²) in [7, 11) is 2.14. The number of nitrogens with one attached hydrogen (secondary N) is 1. The van der Waals surface area contributed by atoms with E-state index in [9.17, 15) is 9.59 Å². The smallest absolute Gasteiger partial charge is 0.344 e. The highest BCUT2D eigenvalue weighted by molar-refractivity contribution is 5.90. The molecule has 25 heavy (non-hydrogen) atoms. The fourth-order valence-corrected chi connectivity index (χ4v) is 2.67. The first-order valence-electron chi connectivity index (χ1n) is 8.36. The number of hydrogen-bond donors (Lipinski definition) is 1. The molecule has 1 aliphatic heterocycles. The maximum atomic E-state index is 12.5. The van der Waals surface area contributed by atoms with E-state index in [0.717, 1.165) is 26.2 Å². The van der Waals surface area contributed by atoms with Gasteiger partial charge in [0.15, 0.2) is 0 Å². The zero-order chi connectivity index (χ0) is 17.6. The van der Waals surface area contributed by atoms with Crippen LogP contribution in [0, 0.1) is 0 Å². The molecule has 2 aromatic rings. The van der Waals surface area contributed by atoms with Gasteiger partial charge >= 0.3 is 5.97 Å². The summed E-state index contributed by atoms with van der Waals surface area (Å²) in [5.41, 5.74) is 0.309. The number of benzene rings is 1. The molecule has 0 atom stereocenters. The summed E-state index contributed by atoms with van der Waals surface area (Å²) in [4.78, 5) is 27.9. The number of aromatic nitrogens is 1. The number of carbonyl (C=O) groups excluding carboxylic acids is 1. The molecule has 0 radical (unpaired) electrons. The van der Waals surface area contributed by atoms with Crippen molar-refractivity contribution in [1.82, 2.24) is 9.47 Å². The Kier molecular flexibility index (Phi) is 5.30. The van der Waals surface area contributed by atoms with E-state index in [1.165, 1.54) is 15.5 Å². The van der Waals surface area contributed by atoms with Crippen LogP contribution in [0.1, 0.15) is 10.4 Å². The van der Waals surface area contributed by atoms with Crippen molar-refractivity contribution in [3.8, 4) is 0 Å². The Hall–Kier alpha value is -2.86. The molecule has 1 N–H and O–H groups in total. The Balaban J connectivity index is 1.88. The minimum absolute atomic E-state index is 0.171. The number of esters is 1. The number of quaternary nitrogens is 1. The highest BCUT2D eigenvalue weighted by Gasteiger charge is 2.22. The number of likely N-dealkylation sites (N-methyl/N-ethyl adjacent to an activating group) is 1. The van der Waals surface area contributed by atoms with E-state index in [4.69, 9.17) is 4.74 Å². The fraction of sp³-hybridized carbons (Fsp3) is 0.263. The number of nitrogens with zero attached hydrogens (tertiary/aromatic N) is 2. The molecule has 1 aromatic heterocycles. The van der Waals surface area contributed by atoms with Crippen LogP contribution in [0.5, 0.6) is 0 Å². The first kappa shape index (κ1) is 17.0. The Morgan fingerprint density at radius 1 is 1.08 bits per heavy atom. The highest BCUT2D eigenvalue weighted by atomic mass is 16.6. The SMILES string of the molecule is C[NH+]1CCN(/C(=C/n2ccccc2=O)OC(=O)c2ccccc2)CC1. The van der Waals surface area contributed by atoms with E-state index in [2.05, 4.69) is 7.05 Å². The van der Waals surface area contributed by atoms with Gasteiger partial charge in [-0.25, -0.2) is 4.79 Å². The predicted octanol–water partition coefficient (Wildman–Crippen LogP) is 0.292. The molecule has 1 aromatic carbocycles. The lowest BCUT2D eigenvalue weighted by Crippen LogP contribution is -3.11.